The van der Waals surface area contributed by atoms with Gasteiger partial charge in [-0.2, -0.15) is 0 Å². The number of hydrogen-bond donors (Lipinski definition) is 0. The Labute approximate surface area is 108 Å². The largest absolute Gasteiger partial charge is 0.359 e. The maximum atomic E-state index is 4.45. The van der Waals surface area contributed by atoms with Crippen LogP contribution in [0.3, 0.4) is 0 Å². The summed E-state index contributed by atoms with van der Waals surface area (Å²) < 4.78 is 2.09. The van der Waals surface area contributed by atoms with Crippen LogP contribution in [0.15, 0.2) is 24.8 Å². The lowest BCUT2D eigenvalue weighted by atomic mass is 10.3. The van der Waals surface area contributed by atoms with E-state index in [4.69, 9.17) is 0 Å². The van der Waals surface area contributed by atoms with Crippen molar-refractivity contribution in [3.63, 3.8) is 0 Å². The lowest BCUT2D eigenvalue weighted by Crippen LogP contribution is -2.21. The first-order valence-corrected chi connectivity index (χ1v) is 6.14. The first-order chi connectivity index (χ1) is 8.65. The van der Waals surface area contributed by atoms with Crippen molar-refractivity contribution >= 4 is 5.82 Å². The van der Waals surface area contributed by atoms with Crippen LogP contribution in [0.1, 0.15) is 17.9 Å². The van der Waals surface area contributed by atoms with E-state index < -0.39 is 0 Å². The molecular weight excluding hydrogens is 226 g/mol. The number of nitrogens with zero attached hydrogens (tertiary/aromatic N) is 5. The molecule has 0 fully saturated rings. The van der Waals surface area contributed by atoms with E-state index in [9.17, 15) is 0 Å². The van der Waals surface area contributed by atoms with Crippen LogP contribution in [0.2, 0.25) is 0 Å². The molecule has 0 aromatic carbocycles. The zero-order valence-electron chi connectivity index (χ0n) is 11.2. The molecule has 18 heavy (non-hydrogen) atoms. The number of hydrogen-bond acceptors (Lipinski definition) is 4. The Bertz CT molecular complexity index is 472. The van der Waals surface area contributed by atoms with Gasteiger partial charge in [-0.05, 0) is 20.3 Å². The molecule has 0 atom stereocenters. The third kappa shape index (κ3) is 3.29. The summed E-state index contributed by atoms with van der Waals surface area (Å²) in [6.45, 7) is 5.87. The van der Waals surface area contributed by atoms with Crippen molar-refractivity contribution in [2.24, 2.45) is 0 Å². The average Bonchev–Trinajstić information content (AvgIpc) is 2.80. The predicted octanol–water partition coefficient (Wildman–Crippen LogP) is 1.82. The number of aryl methyl sites for hydroxylation is 3. The van der Waals surface area contributed by atoms with Crippen molar-refractivity contribution < 1.29 is 0 Å². The molecule has 96 valence electrons. The van der Waals surface area contributed by atoms with E-state index in [0.29, 0.717) is 0 Å². The molecule has 2 heterocycles. The molecule has 0 saturated carbocycles. The molecule has 2 rings (SSSR count). The highest BCUT2D eigenvalue weighted by Crippen LogP contribution is 2.11. The molecule has 0 radical (unpaired) electrons. The van der Waals surface area contributed by atoms with E-state index in [1.54, 1.807) is 6.20 Å². The highest BCUT2D eigenvalue weighted by molar-refractivity contribution is 5.38. The van der Waals surface area contributed by atoms with Gasteiger partial charge in [0.05, 0.1) is 6.33 Å². The van der Waals surface area contributed by atoms with Crippen LogP contribution < -0.4 is 4.90 Å². The quantitative estimate of drug-likeness (QED) is 0.806. The lowest BCUT2D eigenvalue weighted by molar-refractivity contribution is 0.635. The van der Waals surface area contributed by atoms with Crippen molar-refractivity contribution in [1.29, 1.82) is 0 Å². The SMILES string of the molecule is Cc1cc(N(C)CCCn2ccnc2)nc(C)n1. The molecule has 0 spiro atoms. The highest BCUT2D eigenvalue weighted by atomic mass is 15.2. The molecule has 0 amide bonds. The Morgan fingerprint density at radius 2 is 2.11 bits per heavy atom. The van der Waals surface area contributed by atoms with Gasteiger partial charge in [0.1, 0.15) is 11.6 Å². The third-order valence-corrected chi connectivity index (χ3v) is 2.81. The van der Waals surface area contributed by atoms with Gasteiger partial charge < -0.3 is 9.47 Å². The minimum Gasteiger partial charge on any atom is -0.359 e. The van der Waals surface area contributed by atoms with Gasteiger partial charge in [-0.1, -0.05) is 0 Å². The summed E-state index contributed by atoms with van der Waals surface area (Å²) in [5, 5.41) is 0. The predicted molar refractivity (Wildman–Crippen MR) is 71.6 cm³/mol. The van der Waals surface area contributed by atoms with Crippen LogP contribution in [-0.2, 0) is 6.54 Å². The van der Waals surface area contributed by atoms with Gasteiger partial charge in [0.25, 0.3) is 0 Å². The monoisotopic (exact) mass is 245 g/mol. The molecule has 2 aromatic heterocycles. The van der Waals surface area contributed by atoms with Crippen molar-refractivity contribution in [3.05, 3.63) is 36.3 Å². The third-order valence-electron chi connectivity index (χ3n) is 2.81. The molecular formula is C13H19N5. The standard InChI is InChI=1S/C13H19N5/c1-11-9-13(16-12(2)15-11)17(3)6-4-7-18-8-5-14-10-18/h5,8-10H,4,6-7H2,1-3H3. The summed E-state index contributed by atoms with van der Waals surface area (Å²) in [4.78, 5) is 14.9. The Hall–Kier alpha value is -1.91. The molecule has 0 aliphatic heterocycles. The molecule has 0 saturated heterocycles. The molecule has 2 aromatic rings. The molecule has 0 N–H and O–H groups in total. The number of rotatable bonds is 5. The molecule has 5 nitrogen and oxygen atoms in total. The van der Waals surface area contributed by atoms with Gasteiger partial charge in [0.15, 0.2) is 0 Å². The number of anilines is 1. The van der Waals surface area contributed by atoms with E-state index in [2.05, 4.69) is 31.5 Å². The second-order valence-electron chi connectivity index (χ2n) is 4.49. The van der Waals surface area contributed by atoms with Gasteiger partial charge in [-0.15, -0.1) is 0 Å². The maximum absolute atomic E-state index is 4.45. The summed E-state index contributed by atoms with van der Waals surface area (Å²) in [6.07, 6.45) is 6.70. The Balaban J connectivity index is 1.89. The van der Waals surface area contributed by atoms with Crippen LogP contribution in [-0.4, -0.2) is 33.1 Å². The molecule has 5 heteroatoms. The van der Waals surface area contributed by atoms with Gasteiger partial charge in [0, 0.05) is 44.3 Å². The Morgan fingerprint density at radius 3 is 2.78 bits per heavy atom. The van der Waals surface area contributed by atoms with Crippen LogP contribution in [0.25, 0.3) is 0 Å². The second-order valence-corrected chi connectivity index (χ2v) is 4.49. The topological polar surface area (TPSA) is 46.8 Å². The minimum atomic E-state index is 0.825. The van der Waals surface area contributed by atoms with Crippen LogP contribution in [0.5, 0.6) is 0 Å². The lowest BCUT2D eigenvalue weighted by Gasteiger charge is -2.18. The van der Waals surface area contributed by atoms with Gasteiger partial charge in [-0.25, -0.2) is 15.0 Å². The summed E-state index contributed by atoms with van der Waals surface area (Å²) in [5.74, 6) is 1.82. The Kier molecular flexibility index (Phi) is 3.92. The Morgan fingerprint density at radius 1 is 1.28 bits per heavy atom. The van der Waals surface area contributed by atoms with E-state index in [-0.39, 0.29) is 0 Å². The van der Waals surface area contributed by atoms with Crippen molar-refractivity contribution in [2.45, 2.75) is 26.8 Å². The minimum absolute atomic E-state index is 0.825. The van der Waals surface area contributed by atoms with Crippen molar-refractivity contribution in [2.75, 3.05) is 18.5 Å². The molecule has 0 bridgehead atoms. The van der Waals surface area contributed by atoms with Crippen LogP contribution >= 0.6 is 0 Å². The van der Waals surface area contributed by atoms with Crippen LogP contribution in [0.4, 0.5) is 5.82 Å². The summed E-state index contributed by atoms with van der Waals surface area (Å²) >= 11 is 0. The first-order valence-electron chi connectivity index (χ1n) is 6.14. The van der Waals surface area contributed by atoms with Crippen molar-refractivity contribution in [1.82, 2.24) is 19.5 Å². The fourth-order valence-electron chi connectivity index (χ4n) is 1.92. The smallest absolute Gasteiger partial charge is 0.132 e. The number of aromatic nitrogens is 4. The fourth-order valence-corrected chi connectivity index (χ4v) is 1.92. The van der Waals surface area contributed by atoms with E-state index in [1.165, 1.54) is 0 Å². The van der Waals surface area contributed by atoms with E-state index in [1.807, 2.05) is 32.4 Å². The average molecular weight is 245 g/mol. The molecule has 0 aliphatic carbocycles. The highest BCUT2D eigenvalue weighted by Gasteiger charge is 2.04. The maximum Gasteiger partial charge on any atom is 0.132 e. The van der Waals surface area contributed by atoms with Gasteiger partial charge in [-0.3, -0.25) is 0 Å². The normalized spacial score (nSPS) is 10.6. The van der Waals surface area contributed by atoms with E-state index in [0.717, 1.165) is 36.8 Å². The summed E-state index contributed by atoms with van der Waals surface area (Å²) in [6, 6.07) is 2.02. The van der Waals surface area contributed by atoms with Crippen molar-refractivity contribution in [3.8, 4) is 0 Å². The van der Waals surface area contributed by atoms with E-state index >= 15 is 0 Å². The zero-order valence-corrected chi connectivity index (χ0v) is 11.2. The summed E-state index contributed by atoms with van der Waals surface area (Å²) in [5.41, 5.74) is 1.01. The fraction of sp³-hybridized carbons (Fsp3) is 0.462. The van der Waals surface area contributed by atoms with Gasteiger partial charge in [0.2, 0.25) is 0 Å². The number of imidazole rings is 1. The molecule has 0 aliphatic rings. The summed E-state index contributed by atoms with van der Waals surface area (Å²) in [7, 11) is 2.06. The second kappa shape index (κ2) is 5.62. The molecule has 0 unspecified atom stereocenters. The van der Waals surface area contributed by atoms with Gasteiger partial charge >= 0.3 is 0 Å². The van der Waals surface area contributed by atoms with Crippen LogP contribution in [0, 0.1) is 13.8 Å². The zero-order chi connectivity index (χ0) is 13.0. The first kappa shape index (κ1) is 12.5.